The third kappa shape index (κ3) is 3.11. The molecule has 2 aromatic rings. The second-order valence-corrected chi connectivity index (χ2v) is 6.35. The number of nitrogen functional groups attached to an aromatic ring is 1. The van der Waals surface area contributed by atoms with E-state index < -0.39 is 15.7 Å². The molecule has 1 heterocycles. The number of aryl methyl sites for hydroxylation is 2. The van der Waals surface area contributed by atoms with Crippen LogP contribution in [0.1, 0.15) is 5.56 Å². The van der Waals surface area contributed by atoms with Gasteiger partial charge in [0.05, 0.1) is 22.5 Å². The van der Waals surface area contributed by atoms with E-state index in [9.17, 15) is 12.8 Å². The Morgan fingerprint density at radius 2 is 2.16 bits per heavy atom. The summed E-state index contributed by atoms with van der Waals surface area (Å²) in [6, 6.07) is 3.34. The highest BCUT2D eigenvalue weighted by Gasteiger charge is 2.18. The molecule has 0 saturated carbocycles. The Morgan fingerprint density at radius 3 is 2.79 bits per heavy atom. The number of hydrogen-bond donors (Lipinski definition) is 1. The summed E-state index contributed by atoms with van der Waals surface area (Å²) in [6.45, 7) is 0. The lowest BCUT2D eigenvalue weighted by molar-refractivity contribution is 0.590. The highest BCUT2D eigenvalue weighted by Crippen LogP contribution is 2.21. The van der Waals surface area contributed by atoms with Crippen molar-refractivity contribution in [3.8, 4) is 0 Å². The number of nitrogens with zero attached hydrogens (tertiary/aromatic N) is 2. The van der Waals surface area contributed by atoms with Crippen LogP contribution in [0.25, 0.3) is 0 Å². The number of benzene rings is 1. The molecule has 1 aromatic heterocycles. The summed E-state index contributed by atoms with van der Waals surface area (Å²) in [6.07, 6.45) is 3.65. The minimum atomic E-state index is -3.60. The van der Waals surface area contributed by atoms with Crippen LogP contribution in [0.15, 0.2) is 35.5 Å². The Morgan fingerprint density at radius 1 is 1.42 bits per heavy atom. The lowest BCUT2D eigenvalue weighted by Crippen LogP contribution is -2.11. The molecule has 0 aliphatic rings. The fraction of sp³-hybridized carbons (Fsp3) is 0.250. The van der Waals surface area contributed by atoms with E-state index in [4.69, 9.17) is 5.73 Å². The van der Waals surface area contributed by atoms with Crippen molar-refractivity contribution in [1.82, 2.24) is 9.78 Å². The van der Waals surface area contributed by atoms with E-state index in [0.29, 0.717) is 6.42 Å². The summed E-state index contributed by atoms with van der Waals surface area (Å²) in [4.78, 5) is -0.156. The van der Waals surface area contributed by atoms with Crippen LogP contribution in [-0.2, 0) is 23.3 Å². The van der Waals surface area contributed by atoms with Crippen molar-refractivity contribution < 1.29 is 12.8 Å². The van der Waals surface area contributed by atoms with E-state index >= 15 is 0 Å². The number of rotatable bonds is 4. The Labute approximate surface area is 110 Å². The van der Waals surface area contributed by atoms with Crippen molar-refractivity contribution in [3.63, 3.8) is 0 Å². The molecule has 0 amide bonds. The maximum absolute atomic E-state index is 13.1. The fourth-order valence-electron chi connectivity index (χ4n) is 1.74. The molecule has 0 saturated heterocycles. The Hall–Kier alpha value is -1.89. The van der Waals surface area contributed by atoms with Gasteiger partial charge < -0.3 is 5.73 Å². The molecular weight excluding hydrogens is 269 g/mol. The van der Waals surface area contributed by atoms with Crippen molar-refractivity contribution in [2.75, 3.05) is 11.5 Å². The molecule has 0 aliphatic heterocycles. The van der Waals surface area contributed by atoms with Gasteiger partial charge in [0.1, 0.15) is 5.82 Å². The van der Waals surface area contributed by atoms with E-state index in [0.717, 1.165) is 17.7 Å². The predicted octanol–water partition coefficient (Wildman–Crippen LogP) is 1.16. The largest absolute Gasteiger partial charge is 0.398 e. The van der Waals surface area contributed by atoms with E-state index in [1.54, 1.807) is 24.1 Å². The molecule has 0 bridgehead atoms. The zero-order chi connectivity index (χ0) is 14.0. The van der Waals surface area contributed by atoms with Crippen LogP contribution in [-0.4, -0.2) is 24.0 Å². The molecule has 2 N–H and O–H groups in total. The lowest BCUT2D eigenvalue weighted by atomic mass is 10.3. The Kier molecular flexibility index (Phi) is 3.57. The molecule has 0 fully saturated rings. The number of nitrogens with two attached hydrogens (primary N) is 1. The summed E-state index contributed by atoms with van der Waals surface area (Å²) in [5, 5.41) is 3.96. The first kappa shape index (κ1) is 13.5. The van der Waals surface area contributed by atoms with Gasteiger partial charge in [0, 0.05) is 13.2 Å². The standard InChI is InChI=1S/C12H14FN3O2S/c1-16-8-9(7-15-16)4-5-19(17,18)12-6-10(13)2-3-11(12)14/h2-3,6-8H,4-5,14H2,1H3. The molecule has 5 nitrogen and oxygen atoms in total. The first-order chi connectivity index (χ1) is 8.88. The SMILES string of the molecule is Cn1cc(CCS(=O)(=O)c2cc(F)ccc2N)cn1. The van der Waals surface area contributed by atoms with Gasteiger partial charge in [0.15, 0.2) is 9.84 Å². The summed E-state index contributed by atoms with van der Waals surface area (Å²) in [5.74, 6) is -0.749. The van der Waals surface area contributed by atoms with Gasteiger partial charge >= 0.3 is 0 Å². The number of halogens is 1. The minimum absolute atomic E-state index is 0.0626. The highest BCUT2D eigenvalue weighted by molar-refractivity contribution is 7.91. The topological polar surface area (TPSA) is 78.0 Å². The Balaban J connectivity index is 2.20. The molecule has 2 rings (SSSR count). The minimum Gasteiger partial charge on any atom is -0.398 e. The zero-order valence-electron chi connectivity index (χ0n) is 10.4. The maximum Gasteiger partial charge on any atom is 0.180 e. The second-order valence-electron chi connectivity index (χ2n) is 4.27. The van der Waals surface area contributed by atoms with Crippen LogP contribution in [0, 0.1) is 5.82 Å². The predicted molar refractivity (Wildman–Crippen MR) is 69.8 cm³/mol. The molecule has 1 aromatic carbocycles. The molecule has 19 heavy (non-hydrogen) atoms. The third-order valence-electron chi connectivity index (χ3n) is 2.73. The summed E-state index contributed by atoms with van der Waals surface area (Å²) < 4.78 is 38.9. The van der Waals surface area contributed by atoms with Gasteiger partial charge in [0.25, 0.3) is 0 Å². The quantitative estimate of drug-likeness (QED) is 0.854. The van der Waals surface area contributed by atoms with Crippen molar-refractivity contribution >= 4 is 15.5 Å². The van der Waals surface area contributed by atoms with Crippen molar-refractivity contribution in [3.05, 3.63) is 42.0 Å². The van der Waals surface area contributed by atoms with E-state index in [2.05, 4.69) is 5.10 Å². The van der Waals surface area contributed by atoms with Gasteiger partial charge in [-0.15, -0.1) is 0 Å². The highest BCUT2D eigenvalue weighted by atomic mass is 32.2. The van der Waals surface area contributed by atoms with E-state index in [1.165, 1.54) is 6.07 Å². The van der Waals surface area contributed by atoms with E-state index in [-0.39, 0.29) is 16.3 Å². The van der Waals surface area contributed by atoms with Crippen LogP contribution < -0.4 is 5.73 Å². The Bertz CT molecular complexity index is 695. The molecule has 0 radical (unpaired) electrons. The van der Waals surface area contributed by atoms with Crippen molar-refractivity contribution in [1.29, 1.82) is 0 Å². The zero-order valence-corrected chi connectivity index (χ0v) is 11.2. The molecular formula is C12H14FN3O2S. The molecule has 0 unspecified atom stereocenters. The third-order valence-corrected chi connectivity index (χ3v) is 4.49. The van der Waals surface area contributed by atoms with Crippen LogP contribution in [0.3, 0.4) is 0 Å². The molecule has 0 aliphatic carbocycles. The van der Waals surface area contributed by atoms with Gasteiger partial charge in [-0.2, -0.15) is 5.10 Å². The van der Waals surface area contributed by atoms with Crippen molar-refractivity contribution in [2.45, 2.75) is 11.3 Å². The number of anilines is 1. The number of aromatic nitrogens is 2. The van der Waals surface area contributed by atoms with Crippen LogP contribution in [0.5, 0.6) is 0 Å². The normalized spacial score (nSPS) is 11.7. The van der Waals surface area contributed by atoms with Gasteiger partial charge in [0.2, 0.25) is 0 Å². The average molecular weight is 283 g/mol. The van der Waals surface area contributed by atoms with Crippen molar-refractivity contribution in [2.24, 2.45) is 7.05 Å². The summed E-state index contributed by atoms with van der Waals surface area (Å²) in [7, 11) is -1.85. The smallest absolute Gasteiger partial charge is 0.180 e. The average Bonchev–Trinajstić information content (AvgIpc) is 2.76. The number of hydrogen-bond acceptors (Lipinski definition) is 4. The first-order valence-electron chi connectivity index (χ1n) is 5.64. The van der Waals surface area contributed by atoms with Crippen LogP contribution >= 0.6 is 0 Å². The number of sulfone groups is 1. The lowest BCUT2D eigenvalue weighted by Gasteiger charge is -2.06. The summed E-state index contributed by atoms with van der Waals surface area (Å²) >= 11 is 0. The van der Waals surface area contributed by atoms with Gasteiger partial charge in [-0.1, -0.05) is 0 Å². The molecule has 0 atom stereocenters. The first-order valence-corrected chi connectivity index (χ1v) is 7.29. The van der Waals surface area contributed by atoms with Gasteiger partial charge in [-0.25, -0.2) is 12.8 Å². The molecule has 7 heteroatoms. The van der Waals surface area contributed by atoms with Gasteiger partial charge in [-0.3, -0.25) is 4.68 Å². The fourth-order valence-corrected chi connectivity index (χ4v) is 3.18. The monoisotopic (exact) mass is 283 g/mol. The van der Waals surface area contributed by atoms with Crippen LogP contribution in [0.2, 0.25) is 0 Å². The second kappa shape index (κ2) is 5.00. The summed E-state index contributed by atoms with van der Waals surface area (Å²) in [5.41, 5.74) is 6.46. The maximum atomic E-state index is 13.1. The van der Waals surface area contributed by atoms with E-state index in [1.807, 2.05) is 0 Å². The molecule has 0 spiro atoms. The van der Waals surface area contributed by atoms with Crippen LogP contribution in [0.4, 0.5) is 10.1 Å². The van der Waals surface area contributed by atoms with Gasteiger partial charge in [-0.05, 0) is 30.2 Å². The molecule has 102 valence electrons.